The quantitative estimate of drug-likeness (QED) is 0.562. The number of hydrogen-bond acceptors (Lipinski definition) is 2. The molecule has 2 aromatic heterocycles. The fourth-order valence-electron chi connectivity index (χ4n) is 7.10. The van der Waals surface area contributed by atoms with Crippen LogP contribution in [0.4, 0.5) is 4.79 Å². The van der Waals surface area contributed by atoms with Gasteiger partial charge in [0.2, 0.25) is 0 Å². The molecule has 0 radical (unpaired) electrons. The number of carbonyl (C=O) groups excluding carboxylic acids is 1. The molecule has 2 N–H and O–H groups in total. The maximum atomic E-state index is 13.0. The lowest BCUT2D eigenvalue weighted by Gasteiger charge is -2.56. The molecule has 5 heteroatoms. The van der Waals surface area contributed by atoms with Gasteiger partial charge in [-0.15, -0.1) is 11.3 Å². The minimum Gasteiger partial charge on any atom is -0.343 e. The third-order valence-electron chi connectivity index (χ3n) is 7.81. The second-order valence-electron chi connectivity index (χ2n) is 9.89. The summed E-state index contributed by atoms with van der Waals surface area (Å²) in [4.78, 5) is 14.3. The van der Waals surface area contributed by atoms with E-state index >= 15 is 0 Å². The molecule has 0 aliphatic heterocycles. The molecule has 4 aliphatic rings. The minimum absolute atomic E-state index is 0.00186. The molecular formula is C25H29N3OS. The number of nitrogens with zero attached hydrogens (tertiary/aromatic N) is 1. The van der Waals surface area contributed by atoms with E-state index in [1.165, 1.54) is 65.6 Å². The Morgan fingerprint density at radius 3 is 2.43 bits per heavy atom. The minimum atomic E-state index is 0.00186. The summed E-state index contributed by atoms with van der Waals surface area (Å²) >= 11 is 1.75. The van der Waals surface area contributed by atoms with Gasteiger partial charge in [0.25, 0.3) is 0 Å². The number of carbonyl (C=O) groups is 1. The van der Waals surface area contributed by atoms with E-state index in [1.54, 1.807) is 11.3 Å². The molecule has 30 heavy (non-hydrogen) atoms. The summed E-state index contributed by atoms with van der Waals surface area (Å²) in [6.45, 7) is 0.548. The number of rotatable bonds is 4. The summed E-state index contributed by atoms with van der Waals surface area (Å²) in [5.74, 6) is 2.50. The van der Waals surface area contributed by atoms with Crippen molar-refractivity contribution in [3.05, 3.63) is 47.3 Å². The van der Waals surface area contributed by atoms with E-state index in [2.05, 4.69) is 64.0 Å². The molecule has 156 valence electrons. The van der Waals surface area contributed by atoms with Gasteiger partial charge in [-0.2, -0.15) is 0 Å². The van der Waals surface area contributed by atoms with E-state index in [1.807, 2.05) is 0 Å². The molecule has 0 saturated heterocycles. The lowest BCUT2D eigenvalue weighted by molar-refractivity contribution is -0.0135. The van der Waals surface area contributed by atoms with Gasteiger partial charge in [0.15, 0.2) is 0 Å². The van der Waals surface area contributed by atoms with Gasteiger partial charge in [-0.25, -0.2) is 4.79 Å². The zero-order valence-corrected chi connectivity index (χ0v) is 18.3. The van der Waals surface area contributed by atoms with Gasteiger partial charge in [0.05, 0.1) is 10.6 Å². The third kappa shape index (κ3) is 2.97. The molecule has 0 unspecified atom stereocenters. The Kier molecular flexibility index (Phi) is 4.24. The van der Waals surface area contributed by atoms with Gasteiger partial charge in [-0.3, -0.25) is 0 Å². The van der Waals surface area contributed by atoms with Crippen molar-refractivity contribution in [2.75, 3.05) is 0 Å². The van der Waals surface area contributed by atoms with Crippen LogP contribution in [0.3, 0.4) is 0 Å². The van der Waals surface area contributed by atoms with Crippen LogP contribution in [0.15, 0.2) is 41.8 Å². The molecule has 0 spiro atoms. The first-order valence-electron chi connectivity index (χ1n) is 11.3. The van der Waals surface area contributed by atoms with Gasteiger partial charge in [0, 0.05) is 35.6 Å². The van der Waals surface area contributed by atoms with Crippen LogP contribution in [0.1, 0.15) is 44.1 Å². The first kappa shape index (κ1) is 18.5. The standard InChI is InChI=1S/C25H29N3OS/c1-28-21-6-3-2-5-19(21)20(23(28)22-7-4-8-30-22)15-26-24(29)27-25-12-16-9-17(13-25)11-18(10-16)14-25/h2-8,16-18H,9-15H2,1H3,(H2,26,27,29). The number of nitrogens with one attached hydrogen (secondary N) is 2. The van der Waals surface area contributed by atoms with Crippen molar-refractivity contribution < 1.29 is 4.79 Å². The van der Waals surface area contributed by atoms with E-state index in [9.17, 15) is 4.79 Å². The molecule has 2 heterocycles. The SMILES string of the molecule is Cn1c(-c2cccs2)c(CNC(=O)NC23CC4CC(CC(C4)C2)C3)c2ccccc21. The van der Waals surface area contributed by atoms with Crippen LogP contribution in [0, 0.1) is 17.8 Å². The molecule has 4 aliphatic carbocycles. The molecule has 0 atom stereocenters. The molecule has 4 saturated carbocycles. The Morgan fingerprint density at radius 1 is 1.07 bits per heavy atom. The van der Waals surface area contributed by atoms with Crippen LogP contribution in [0.5, 0.6) is 0 Å². The van der Waals surface area contributed by atoms with E-state index < -0.39 is 0 Å². The van der Waals surface area contributed by atoms with Crippen molar-refractivity contribution in [1.29, 1.82) is 0 Å². The normalized spacial score (nSPS) is 29.4. The fourth-order valence-corrected chi connectivity index (χ4v) is 7.93. The summed E-state index contributed by atoms with van der Waals surface area (Å²) in [5.41, 5.74) is 3.67. The number of aromatic nitrogens is 1. The monoisotopic (exact) mass is 419 g/mol. The highest BCUT2D eigenvalue weighted by Gasteiger charge is 2.51. The maximum Gasteiger partial charge on any atom is 0.315 e. The van der Waals surface area contributed by atoms with Crippen molar-refractivity contribution in [2.24, 2.45) is 24.8 Å². The lowest BCUT2D eigenvalue weighted by Crippen LogP contribution is -2.61. The summed E-state index contributed by atoms with van der Waals surface area (Å²) in [6.07, 6.45) is 7.72. The Balaban J connectivity index is 1.24. The second-order valence-corrected chi connectivity index (χ2v) is 10.8. The van der Waals surface area contributed by atoms with Gasteiger partial charge in [-0.05, 0) is 73.8 Å². The van der Waals surface area contributed by atoms with Crippen LogP contribution in [-0.4, -0.2) is 16.1 Å². The highest BCUT2D eigenvalue weighted by Crippen LogP contribution is 2.55. The summed E-state index contributed by atoms with van der Waals surface area (Å²) in [7, 11) is 2.12. The number of aryl methyl sites for hydroxylation is 1. The molecule has 4 fully saturated rings. The number of amides is 2. The second kappa shape index (κ2) is 6.88. The maximum absolute atomic E-state index is 13.0. The molecule has 2 amide bonds. The van der Waals surface area contributed by atoms with Gasteiger partial charge in [-0.1, -0.05) is 24.3 Å². The number of benzene rings is 1. The van der Waals surface area contributed by atoms with E-state index in [-0.39, 0.29) is 11.6 Å². The summed E-state index contributed by atoms with van der Waals surface area (Å²) in [5, 5.41) is 10.0. The zero-order chi connectivity index (χ0) is 20.3. The predicted octanol–water partition coefficient (Wildman–Crippen LogP) is 5.67. The fraction of sp³-hybridized carbons (Fsp3) is 0.480. The Hall–Kier alpha value is -2.27. The van der Waals surface area contributed by atoms with Crippen molar-refractivity contribution >= 4 is 28.3 Å². The third-order valence-corrected chi connectivity index (χ3v) is 8.69. The molecule has 1 aromatic carbocycles. The summed E-state index contributed by atoms with van der Waals surface area (Å²) < 4.78 is 2.26. The first-order chi connectivity index (χ1) is 14.6. The van der Waals surface area contributed by atoms with Crippen LogP contribution < -0.4 is 10.6 Å². The molecule has 3 aromatic rings. The van der Waals surface area contributed by atoms with Crippen molar-refractivity contribution in [1.82, 2.24) is 15.2 Å². The number of thiophene rings is 1. The molecule has 4 nitrogen and oxygen atoms in total. The molecule has 4 bridgehead atoms. The van der Waals surface area contributed by atoms with Gasteiger partial charge in [0.1, 0.15) is 0 Å². The van der Waals surface area contributed by atoms with Crippen LogP contribution >= 0.6 is 11.3 Å². The van der Waals surface area contributed by atoms with Crippen LogP contribution in [0.2, 0.25) is 0 Å². The Labute approximate surface area is 181 Å². The Morgan fingerprint density at radius 2 is 1.77 bits per heavy atom. The van der Waals surface area contributed by atoms with Crippen molar-refractivity contribution in [3.63, 3.8) is 0 Å². The average molecular weight is 420 g/mol. The lowest BCUT2D eigenvalue weighted by atomic mass is 9.53. The summed E-state index contributed by atoms with van der Waals surface area (Å²) in [6, 6.07) is 12.7. The molecule has 7 rings (SSSR count). The predicted molar refractivity (Wildman–Crippen MR) is 123 cm³/mol. The van der Waals surface area contributed by atoms with Crippen LogP contribution in [-0.2, 0) is 13.6 Å². The zero-order valence-electron chi connectivity index (χ0n) is 17.5. The van der Waals surface area contributed by atoms with E-state index in [4.69, 9.17) is 0 Å². The Bertz CT molecular complexity index is 1060. The first-order valence-corrected chi connectivity index (χ1v) is 12.1. The van der Waals surface area contributed by atoms with Crippen molar-refractivity contribution in [3.8, 4) is 10.6 Å². The van der Waals surface area contributed by atoms with Gasteiger partial charge >= 0.3 is 6.03 Å². The largest absolute Gasteiger partial charge is 0.343 e. The highest BCUT2D eigenvalue weighted by molar-refractivity contribution is 7.13. The average Bonchev–Trinajstić information content (AvgIpc) is 3.32. The topological polar surface area (TPSA) is 46.1 Å². The number of hydrogen-bond donors (Lipinski definition) is 2. The van der Waals surface area contributed by atoms with Gasteiger partial charge < -0.3 is 15.2 Å². The van der Waals surface area contributed by atoms with E-state index in [0.29, 0.717) is 6.54 Å². The van der Waals surface area contributed by atoms with E-state index in [0.717, 1.165) is 17.8 Å². The smallest absolute Gasteiger partial charge is 0.315 e. The highest BCUT2D eigenvalue weighted by atomic mass is 32.1. The number of fused-ring (bicyclic) bond motifs is 1. The van der Waals surface area contributed by atoms with Crippen LogP contribution in [0.25, 0.3) is 21.5 Å². The number of para-hydroxylation sites is 1. The molecular weight excluding hydrogens is 390 g/mol. The van der Waals surface area contributed by atoms with Crippen molar-refractivity contribution in [2.45, 2.75) is 50.6 Å². The number of urea groups is 1.